The van der Waals surface area contributed by atoms with Crippen LogP contribution in [0.1, 0.15) is 27.4 Å². The van der Waals surface area contributed by atoms with Crippen molar-refractivity contribution in [2.24, 2.45) is 0 Å². The molecule has 0 aliphatic carbocycles. The van der Waals surface area contributed by atoms with Crippen LogP contribution in [0.15, 0.2) is 41.8 Å². The number of thiazole rings is 1. The molecular weight excluding hydrogens is 436 g/mol. The van der Waals surface area contributed by atoms with E-state index >= 15 is 0 Å². The second-order valence-electron chi connectivity index (χ2n) is 7.16. The van der Waals surface area contributed by atoms with Gasteiger partial charge in [0.2, 0.25) is 0 Å². The molecule has 31 heavy (non-hydrogen) atoms. The smallest absolute Gasteiger partial charge is 0.312 e. The normalized spacial score (nSPS) is 10.6. The van der Waals surface area contributed by atoms with Crippen molar-refractivity contribution in [2.45, 2.75) is 33.8 Å². The third kappa shape index (κ3) is 6.80. The first kappa shape index (κ1) is 22.8. The van der Waals surface area contributed by atoms with Gasteiger partial charge in [-0.05, 0) is 50.1 Å². The summed E-state index contributed by atoms with van der Waals surface area (Å²) in [5.74, 6) is -0.220. The molecule has 0 saturated heterocycles. The summed E-state index contributed by atoms with van der Waals surface area (Å²) >= 11 is 7.59. The lowest BCUT2D eigenvalue weighted by Gasteiger charge is -2.11. The van der Waals surface area contributed by atoms with Gasteiger partial charge in [0, 0.05) is 5.38 Å². The van der Waals surface area contributed by atoms with Crippen molar-refractivity contribution >= 4 is 40.5 Å². The standard InChI is InChI=1S/C23H23ClN2O4S/c1-14-4-6-18(7-5-14)29-12-21-25-17(13-31-21)10-22(28)30-11-20(27)26-23-16(3)8-15(2)9-19(23)24/h4-9,13H,10-12H2,1-3H3,(H,26,27). The summed E-state index contributed by atoms with van der Waals surface area (Å²) in [7, 11) is 0. The number of nitrogens with one attached hydrogen (secondary N) is 1. The highest BCUT2D eigenvalue weighted by Gasteiger charge is 2.14. The van der Waals surface area contributed by atoms with Crippen LogP contribution in [0.3, 0.4) is 0 Å². The van der Waals surface area contributed by atoms with Gasteiger partial charge in [0.1, 0.15) is 17.4 Å². The highest BCUT2D eigenvalue weighted by atomic mass is 35.5. The first-order valence-corrected chi connectivity index (χ1v) is 10.9. The summed E-state index contributed by atoms with van der Waals surface area (Å²) in [6, 6.07) is 11.4. The van der Waals surface area contributed by atoms with Crippen molar-refractivity contribution in [1.82, 2.24) is 4.98 Å². The van der Waals surface area contributed by atoms with E-state index in [1.165, 1.54) is 11.3 Å². The zero-order valence-corrected chi connectivity index (χ0v) is 19.1. The molecule has 1 heterocycles. The number of carbonyl (C=O) groups is 2. The van der Waals surface area contributed by atoms with Gasteiger partial charge in [-0.3, -0.25) is 9.59 Å². The van der Waals surface area contributed by atoms with Crippen LogP contribution in [-0.2, 0) is 27.4 Å². The summed E-state index contributed by atoms with van der Waals surface area (Å²) < 4.78 is 10.8. The Morgan fingerprint density at radius 3 is 2.55 bits per heavy atom. The maximum absolute atomic E-state index is 12.1. The van der Waals surface area contributed by atoms with E-state index in [-0.39, 0.29) is 6.42 Å². The van der Waals surface area contributed by atoms with Crippen LogP contribution in [0.2, 0.25) is 5.02 Å². The van der Waals surface area contributed by atoms with E-state index in [2.05, 4.69) is 10.3 Å². The fourth-order valence-corrected chi connectivity index (χ4v) is 3.94. The molecule has 6 nitrogen and oxygen atoms in total. The molecular formula is C23H23ClN2O4S. The van der Waals surface area contributed by atoms with Gasteiger partial charge < -0.3 is 14.8 Å². The molecule has 3 aromatic rings. The number of hydrogen-bond donors (Lipinski definition) is 1. The number of aromatic nitrogens is 1. The van der Waals surface area contributed by atoms with Crippen LogP contribution in [0.4, 0.5) is 5.69 Å². The molecule has 0 saturated carbocycles. The molecule has 2 aromatic carbocycles. The molecule has 0 radical (unpaired) electrons. The van der Waals surface area contributed by atoms with Crippen LogP contribution in [0.5, 0.6) is 5.75 Å². The minimum Gasteiger partial charge on any atom is -0.486 e. The molecule has 8 heteroatoms. The number of aryl methyl sites for hydroxylation is 3. The van der Waals surface area contributed by atoms with Crippen LogP contribution < -0.4 is 10.1 Å². The summed E-state index contributed by atoms with van der Waals surface area (Å²) in [6.45, 7) is 5.71. The Balaban J connectivity index is 1.44. The van der Waals surface area contributed by atoms with Crippen LogP contribution >= 0.6 is 22.9 Å². The summed E-state index contributed by atoms with van der Waals surface area (Å²) in [5.41, 5.74) is 4.10. The van der Waals surface area contributed by atoms with Crippen molar-refractivity contribution in [2.75, 3.05) is 11.9 Å². The Kier molecular flexibility index (Phi) is 7.65. The molecule has 0 aliphatic rings. The Morgan fingerprint density at radius 2 is 1.84 bits per heavy atom. The van der Waals surface area contributed by atoms with Gasteiger partial charge in [-0.2, -0.15) is 0 Å². The first-order chi connectivity index (χ1) is 14.8. The van der Waals surface area contributed by atoms with Gasteiger partial charge in [-0.15, -0.1) is 11.3 Å². The molecule has 162 valence electrons. The number of hydrogen-bond acceptors (Lipinski definition) is 6. The Bertz CT molecular complexity index is 1060. The maximum atomic E-state index is 12.1. The first-order valence-electron chi connectivity index (χ1n) is 9.65. The third-order valence-electron chi connectivity index (χ3n) is 4.37. The van der Waals surface area contributed by atoms with Gasteiger partial charge >= 0.3 is 5.97 Å². The van der Waals surface area contributed by atoms with Crippen molar-refractivity contribution in [3.05, 3.63) is 74.2 Å². The fourth-order valence-electron chi connectivity index (χ4n) is 2.87. The van der Waals surface area contributed by atoms with Crippen molar-refractivity contribution in [3.8, 4) is 5.75 Å². The molecule has 3 rings (SSSR count). The van der Waals surface area contributed by atoms with E-state index < -0.39 is 18.5 Å². The Hall–Kier alpha value is -2.90. The lowest BCUT2D eigenvalue weighted by atomic mass is 10.1. The number of carbonyl (C=O) groups excluding carboxylic acids is 2. The number of nitrogens with zero attached hydrogens (tertiary/aromatic N) is 1. The molecule has 1 aromatic heterocycles. The molecule has 0 unspecified atom stereocenters. The number of amides is 1. The molecule has 0 spiro atoms. The number of rotatable bonds is 8. The summed E-state index contributed by atoms with van der Waals surface area (Å²) in [6.07, 6.45) is -0.0153. The number of halogens is 1. The second kappa shape index (κ2) is 10.4. The molecule has 0 bridgehead atoms. The van der Waals surface area contributed by atoms with E-state index in [0.717, 1.165) is 27.4 Å². The predicted octanol–water partition coefficient (Wildman–Crippen LogP) is 5.03. The summed E-state index contributed by atoms with van der Waals surface area (Å²) in [5, 5.41) is 5.67. The van der Waals surface area contributed by atoms with E-state index in [1.54, 1.807) is 11.4 Å². The lowest BCUT2D eigenvalue weighted by molar-refractivity contribution is -0.146. The van der Waals surface area contributed by atoms with Gasteiger partial charge in [0.05, 0.1) is 22.8 Å². The average molecular weight is 459 g/mol. The molecule has 1 amide bonds. The average Bonchev–Trinajstić information content (AvgIpc) is 3.16. The van der Waals surface area contributed by atoms with E-state index in [4.69, 9.17) is 21.1 Å². The number of ether oxygens (including phenoxy) is 2. The molecule has 0 atom stereocenters. The van der Waals surface area contributed by atoms with E-state index in [0.29, 0.717) is 23.0 Å². The highest BCUT2D eigenvalue weighted by molar-refractivity contribution is 7.09. The van der Waals surface area contributed by atoms with Crippen LogP contribution in [0, 0.1) is 20.8 Å². The zero-order valence-electron chi connectivity index (χ0n) is 17.5. The SMILES string of the molecule is Cc1ccc(OCc2nc(CC(=O)OCC(=O)Nc3c(C)cc(C)cc3Cl)cs2)cc1. The molecule has 1 N–H and O–H groups in total. The Morgan fingerprint density at radius 1 is 1.10 bits per heavy atom. The molecule has 0 aliphatic heterocycles. The third-order valence-corrected chi connectivity index (χ3v) is 5.54. The van der Waals surface area contributed by atoms with E-state index in [9.17, 15) is 9.59 Å². The minimum absolute atomic E-state index is 0.0153. The van der Waals surface area contributed by atoms with Gasteiger partial charge in [-0.25, -0.2) is 4.98 Å². The molecule has 0 fully saturated rings. The monoisotopic (exact) mass is 458 g/mol. The lowest BCUT2D eigenvalue weighted by Crippen LogP contribution is -2.22. The van der Waals surface area contributed by atoms with Crippen molar-refractivity contribution in [3.63, 3.8) is 0 Å². The highest BCUT2D eigenvalue weighted by Crippen LogP contribution is 2.27. The quantitative estimate of drug-likeness (QED) is 0.479. The topological polar surface area (TPSA) is 77.5 Å². The fraction of sp³-hybridized carbons (Fsp3) is 0.261. The maximum Gasteiger partial charge on any atom is 0.312 e. The van der Waals surface area contributed by atoms with Crippen molar-refractivity contribution in [1.29, 1.82) is 0 Å². The number of anilines is 1. The van der Waals surface area contributed by atoms with Crippen LogP contribution in [-0.4, -0.2) is 23.5 Å². The van der Waals surface area contributed by atoms with Gasteiger partial charge in [0.15, 0.2) is 6.61 Å². The Labute approximate surface area is 190 Å². The van der Waals surface area contributed by atoms with Gasteiger partial charge in [0.25, 0.3) is 5.91 Å². The van der Waals surface area contributed by atoms with Crippen LogP contribution in [0.25, 0.3) is 0 Å². The second-order valence-corrected chi connectivity index (χ2v) is 8.51. The largest absolute Gasteiger partial charge is 0.486 e. The minimum atomic E-state index is -0.529. The number of esters is 1. The summed E-state index contributed by atoms with van der Waals surface area (Å²) in [4.78, 5) is 28.6. The predicted molar refractivity (Wildman–Crippen MR) is 122 cm³/mol. The van der Waals surface area contributed by atoms with E-state index in [1.807, 2.05) is 51.1 Å². The zero-order chi connectivity index (χ0) is 22.4. The van der Waals surface area contributed by atoms with Crippen molar-refractivity contribution < 1.29 is 19.1 Å². The number of benzene rings is 2. The van der Waals surface area contributed by atoms with Gasteiger partial charge in [-0.1, -0.05) is 35.4 Å².